The van der Waals surface area contributed by atoms with Crippen LogP contribution in [0.3, 0.4) is 0 Å². The van der Waals surface area contributed by atoms with Gasteiger partial charge in [-0.25, -0.2) is 5.84 Å². The molecule has 2 N–H and O–H groups in total. The molecule has 0 aromatic heterocycles. The summed E-state index contributed by atoms with van der Waals surface area (Å²) in [4.78, 5) is 0. The van der Waals surface area contributed by atoms with Gasteiger partial charge in [-0.1, -0.05) is 25.1 Å². The lowest BCUT2D eigenvalue weighted by molar-refractivity contribution is 0.381. The van der Waals surface area contributed by atoms with E-state index in [1.165, 1.54) is 11.3 Å². The Hall–Kier alpha value is -1.02. The van der Waals surface area contributed by atoms with Crippen molar-refractivity contribution < 1.29 is 0 Å². The highest BCUT2D eigenvalue weighted by molar-refractivity contribution is 5.58. The largest absolute Gasteiger partial charge is 0.305 e. The average Bonchev–Trinajstić information content (AvgIpc) is 2.14. The third-order valence-electron chi connectivity index (χ3n) is 3.19. The number of nitrogens with two attached hydrogens (primary N) is 1. The molecule has 1 unspecified atom stereocenters. The van der Waals surface area contributed by atoms with E-state index in [-0.39, 0.29) is 5.54 Å². The minimum absolute atomic E-state index is 0.0633. The monoisotopic (exact) mass is 190 g/mol. The topological polar surface area (TPSA) is 29.3 Å². The van der Waals surface area contributed by atoms with Gasteiger partial charge in [-0.2, -0.15) is 0 Å². The Bertz CT molecular complexity index is 344. The Morgan fingerprint density at radius 2 is 2.00 bits per heavy atom. The molecule has 1 aliphatic rings. The molecule has 76 valence electrons. The van der Waals surface area contributed by atoms with Gasteiger partial charge in [-0.05, 0) is 37.8 Å². The van der Waals surface area contributed by atoms with Gasteiger partial charge in [0.2, 0.25) is 0 Å². The van der Waals surface area contributed by atoms with Crippen molar-refractivity contribution in [2.24, 2.45) is 5.84 Å². The second kappa shape index (κ2) is 2.99. The molecule has 0 radical (unpaired) electrons. The molecule has 1 heterocycles. The minimum atomic E-state index is 0.0633. The first-order chi connectivity index (χ1) is 6.52. The molecular weight excluding hydrogens is 172 g/mol. The fourth-order valence-electron chi connectivity index (χ4n) is 2.41. The van der Waals surface area contributed by atoms with Gasteiger partial charge in [0, 0.05) is 0 Å². The second-order valence-corrected chi connectivity index (χ2v) is 4.85. The van der Waals surface area contributed by atoms with Crippen LogP contribution >= 0.6 is 0 Å². The van der Waals surface area contributed by atoms with E-state index >= 15 is 0 Å². The number of hydrogen-bond acceptors (Lipinski definition) is 2. The first-order valence-electron chi connectivity index (χ1n) is 5.16. The summed E-state index contributed by atoms with van der Waals surface area (Å²) in [5.41, 5.74) is 2.61. The summed E-state index contributed by atoms with van der Waals surface area (Å²) in [5.74, 6) is 6.72. The summed E-state index contributed by atoms with van der Waals surface area (Å²) in [7, 11) is 0. The standard InChI is InChI=1S/C12H18N2/c1-9-8-12(2,3)14(13)11-7-5-4-6-10(9)11/h4-7,9H,8,13H2,1-3H3. The first-order valence-corrected chi connectivity index (χ1v) is 5.16. The van der Waals surface area contributed by atoms with Crippen LogP contribution in [0.15, 0.2) is 24.3 Å². The lowest BCUT2D eigenvalue weighted by Gasteiger charge is -2.44. The quantitative estimate of drug-likeness (QED) is 0.637. The van der Waals surface area contributed by atoms with Crippen molar-refractivity contribution in [2.45, 2.75) is 38.6 Å². The van der Waals surface area contributed by atoms with Gasteiger partial charge in [0.05, 0.1) is 11.2 Å². The van der Waals surface area contributed by atoms with Gasteiger partial charge in [0.25, 0.3) is 0 Å². The van der Waals surface area contributed by atoms with E-state index < -0.39 is 0 Å². The van der Waals surface area contributed by atoms with Crippen molar-refractivity contribution in [3.63, 3.8) is 0 Å². The van der Waals surface area contributed by atoms with E-state index in [4.69, 9.17) is 5.84 Å². The summed E-state index contributed by atoms with van der Waals surface area (Å²) in [6.45, 7) is 6.66. The maximum absolute atomic E-state index is 6.12. The van der Waals surface area contributed by atoms with Gasteiger partial charge >= 0.3 is 0 Å². The predicted octanol–water partition coefficient (Wildman–Crippen LogP) is 2.65. The van der Waals surface area contributed by atoms with E-state index in [0.29, 0.717) is 5.92 Å². The third-order valence-corrected chi connectivity index (χ3v) is 3.19. The van der Waals surface area contributed by atoms with Gasteiger partial charge in [-0.15, -0.1) is 0 Å². The molecule has 0 saturated carbocycles. The Morgan fingerprint density at radius 1 is 1.36 bits per heavy atom. The summed E-state index contributed by atoms with van der Waals surface area (Å²) in [6, 6.07) is 8.41. The van der Waals surface area contributed by atoms with Gasteiger partial charge in [0.15, 0.2) is 0 Å². The summed E-state index contributed by atoms with van der Waals surface area (Å²) in [5, 5.41) is 1.91. The van der Waals surface area contributed by atoms with Crippen molar-refractivity contribution in [1.29, 1.82) is 0 Å². The fourth-order valence-corrected chi connectivity index (χ4v) is 2.41. The van der Waals surface area contributed by atoms with E-state index in [1.807, 2.05) is 11.1 Å². The molecule has 0 fully saturated rings. The van der Waals surface area contributed by atoms with Crippen LogP contribution in [0.2, 0.25) is 0 Å². The maximum Gasteiger partial charge on any atom is 0.0558 e. The molecule has 0 aliphatic carbocycles. The molecule has 1 atom stereocenters. The molecule has 0 saturated heterocycles. The average molecular weight is 190 g/mol. The molecule has 0 bridgehead atoms. The maximum atomic E-state index is 6.12. The lowest BCUT2D eigenvalue weighted by atomic mass is 9.81. The van der Waals surface area contributed by atoms with Crippen LogP contribution in [0.1, 0.15) is 38.7 Å². The lowest BCUT2D eigenvalue weighted by Crippen LogP contribution is -2.52. The molecule has 0 spiro atoms. The Morgan fingerprint density at radius 3 is 2.71 bits per heavy atom. The molecule has 2 rings (SSSR count). The minimum Gasteiger partial charge on any atom is -0.305 e. The van der Waals surface area contributed by atoms with Crippen LogP contribution in [0.4, 0.5) is 5.69 Å². The van der Waals surface area contributed by atoms with Crippen LogP contribution in [0, 0.1) is 0 Å². The van der Waals surface area contributed by atoms with Gasteiger partial charge in [0.1, 0.15) is 0 Å². The normalized spacial score (nSPS) is 24.6. The van der Waals surface area contributed by atoms with Crippen molar-refractivity contribution in [3.05, 3.63) is 29.8 Å². The molecule has 2 heteroatoms. The van der Waals surface area contributed by atoms with Crippen LogP contribution in [-0.2, 0) is 0 Å². The number of fused-ring (bicyclic) bond motifs is 1. The molecule has 2 nitrogen and oxygen atoms in total. The molecule has 1 aliphatic heterocycles. The Labute approximate surface area is 85.7 Å². The van der Waals surface area contributed by atoms with Crippen molar-refractivity contribution in [2.75, 3.05) is 5.01 Å². The number of benzene rings is 1. The number of rotatable bonds is 0. The smallest absolute Gasteiger partial charge is 0.0558 e. The van der Waals surface area contributed by atoms with E-state index in [0.717, 1.165) is 6.42 Å². The summed E-state index contributed by atoms with van der Waals surface area (Å²) in [6.07, 6.45) is 1.11. The van der Waals surface area contributed by atoms with Crippen LogP contribution in [0.25, 0.3) is 0 Å². The number of hydrogen-bond donors (Lipinski definition) is 1. The van der Waals surface area contributed by atoms with Crippen LogP contribution in [-0.4, -0.2) is 5.54 Å². The van der Waals surface area contributed by atoms with Gasteiger partial charge < -0.3 is 5.01 Å². The molecule has 0 amide bonds. The molecule has 1 aromatic carbocycles. The van der Waals surface area contributed by atoms with Crippen LogP contribution in [0.5, 0.6) is 0 Å². The van der Waals surface area contributed by atoms with Gasteiger partial charge in [-0.3, -0.25) is 0 Å². The zero-order valence-corrected chi connectivity index (χ0v) is 9.12. The predicted molar refractivity (Wildman–Crippen MR) is 60.2 cm³/mol. The Balaban J connectivity index is 2.52. The highest BCUT2D eigenvalue weighted by Gasteiger charge is 2.34. The zero-order valence-electron chi connectivity index (χ0n) is 9.12. The third kappa shape index (κ3) is 1.30. The van der Waals surface area contributed by atoms with Crippen LogP contribution < -0.4 is 10.9 Å². The second-order valence-electron chi connectivity index (χ2n) is 4.85. The van der Waals surface area contributed by atoms with Crippen molar-refractivity contribution in [1.82, 2.24) is 0 Å². The fraction of sp³-hybridized carbons (Fsp3) is 0.500. The van der Waals surface area contributed by atoms with E-state index in [1.54, 1.807) is 0 Å². The van der Waals surface area contributed by atoms with E-state index in [2.05, 4.69) is 39.0 Å². The number of para-hydroxylation sites is 1. The van der Waals surface area contributed by atoms with Crippen molar-refractivity contribution in [3.8, 4) is 0 Å². The highest BCUT2D eigenvalue weighted by Crippen LogP contribution is 2.40. The molecule has 14 heavy (non-hydrogen) atoms. The number of nitrogens with zero attached hydrogens (tertiary/aromatic N) is 1. The number of hydrazine groups is 1. The first kappa shape index (κ1) is 9.53. The molecule has 1 aromatic rings. The number of anilines is 1. The Kier molecular flexibility index (Phi) is 2.04. The molecular formula is C12H18N2. The highest BCUT2D eigenvalue weighted by atomic mass is 15.4. The SMILES string of the molecule is CC1CC(C)(C)N(N)c2ccccc21. The zero-order chi connectivity index (χ0) is 10.3. The summed E-state index contributed by atoms with van der Waals surface area (Å²) >= 11 is 0. The van der Waals surface area contributed by atoms with Crippen molar-refractivity contribution >= 4 is 5.69 Å². The van der Waals surface area contributed by atoms with E-state index in [9.17, 15) is 0 Å². The summed E-state index contributed by atoms with van der Waals surface area (Å²) < 4.78 is 0.